The van der Waals surface area contributed by atoms with E-state index in [9.17, 15) is 4.79 Å². The van der Waals surface area contributed by atoms with Crippen LogP contribution in [0.4, 0.5) is 0 Å². The summed E-state index contributed by atoms with van der Waals surface area (Å²) in [6, 6.07) is 6.39. The van der Waals surface area contributed by atoms with Gasteiger partial charge in [-0.05, 0) is 60.7 Å². The van der Waals surface area contributed by atoms with Crippen LogP contribution in [0.2, 0.25) is 0 Å². The Morgan fingerprint density at radius 3 is 2.67 bits per heavy atom. The number of nitrogens with two attached hydrogens (primary N) is 1. The Morgan fingerprint density at radius 2 is 2.00 bits per heavy atom. The summed E-state index contributed by atoms with van der Waals surface area (Å²) in [4.78, 5) is 12.2. The van der Waals surface area contributed by atoms with E-state index in [1.807, 2.05) is 25.1 Å². The minimum atomic E-state index is 0.00560. The van der Waals surface area contributed by atoms with Crippen molar-refractivity contribution in [1.82, 2.24) is 5.32 Å². The molecule has 1 aromatic carbocycles. The fourth-order valence-electron chi connectivity index (χ4n) is 2.34. The molecule has 0 atom stereocenters. The smallest absolute Gasteiger partial charge is 0.252 e. The molecule has 0 aromatic heterocycles. The molecule has 0 bridgehead atoms. The first-order valence-corrected chi connectivity index (χ1v) is 7.18. The first-order valence-electron chi connectivity index (χ1n) is 6.39. The maximum Gasteiger partial charge on any atom is 0.252 e. The van der Waals surface area contributed by atoms with Crippen LogP contribution in [0.5, 0.6) is 0 Å². The van der Waals surface area contributed by atoms with Crippen molar-refractivity contribution < 1.29 is 4.79 Å². The van der Waals surface area contributed by atoms with Gasteiger partial charge in [-0.1, -0.05) is 11.6 Å². The molecule has 4 heteroatoms. The van der Waals surface area contributed by atoms with Crippen LogP contribution in [0.15, 0.2) is 22.7 Å². The number of halogens is 1. The van der Waals surface area contributed by atoms with Crippen LogP contribution in [-0.2, 0) is 0 Å². The Bertz CT molecular complexity index is 439. The van der Waals surface area contributed by atoms with Gasteiger partial charge in [-0.25, -0.2) is 0 Å². The molecule has 0 heterocycles. The van der Waals surface area contributed by atoms with Crippen LogP contribution < -0.4 is 11.1 Å². The van der Waals surface area contributed by atoms with E-state index in [4.69, 9.17) is 5.73 Å². The molecular weight excluding hydrogens is 292 g/mol. The third kappa shape index (κ3) is 3.33. The van der Waals surface area contributed by atoms with Gasteiger partial charge in [-0.2, -0.15) is 0 Å². The van der Waals surface area contributed by atoms with Gasteiger partial charge in [0, 0.05) is 16.6 Å². The average molecular weight is 311 g/mol. The number of carbonyl (C=O) groups is 1. The van der Waals surface area contributed by atoms with E-state index >= 15 is 0 Å². The molecule has 0 spiro atoms. The minimum absolute atomic E-state index is 0.00560. The fourth-order valence-corrected chi connectivity index (χ4v) is 2.77. The molecule has 98 valence electrons. The second-order valence-corrected chi connectivity index (χ2v) is 5.92. The maximum atomic E-state index is 12.2. The second kappa shape index (κ2) is 5.85. The normalized spacial score (nSPS) is 23.7. The van der Waals surface area contributed by atoms with Crippen molar-refractivity contribution in [1.29, 1.82) is 0 Å². The van der Waals surface area contributed by atoms with Gasteiger partial charge in [-0.3, -0.25) is 4.79 Å². The highest BCUT2D eigenvalue weighted by molar-refractivity contribution is 9.10. The largest absolute Gasteiger partial charge is 0.349 e. The number of nitrogens with one attached hydrogen (secondary N) is 1. The van der Waals surface area contributed by atoms with Crippen molar-refractivity contribution in [2.45, 2.75) is 44.7 Å². The lowest BCUT2D eigenvalue weighted by Crippen LogP contribution is -2.40. The van der Waals surface area contributed by atoms with Crippen LogP contribution in [0.1, 0.15) is 41.6 Å². The lowest BCUT2D eigenvalue weighted by atomic mass is 9.91. The van der Waals surface area contributed by atoms with E-state index in [1.165, 1.54) is 0 Å². The molecule has 3 nitrogen and oxygen atoms in total. The maximum absolute atomic E-state index is 12.2. The summed E-state index contributed by atoms with van der Waals surface area (Å²) < 4.78 is 0.845. The lowest BCUT2D eigenvalue weighted by molar-refractivity contribution is 0.0925. The van der Waals surface area contributed by atoms with Gasteiger partial charge in [0.2, 0.25) is 0 Å². The van der Waals surface area contributed by atoms with Crippen LogP contribution in [-0.4, -0.2) is 18.0 Å². The zero-order chi connectivity index (χ0) is 13.1. The van der Waals surface area contributed by atoms with E-state index < -0.39 is 0 Å². The molecule has 1 saturated carbocycles. The number of benzene rings is 1. The molecule has 18 heavy (non-hydrogen) atoms. The lowest BCUT2D eigenvalue weighted by Gasteiger charge is -2.27. The Labute approximate surface area is 116 Å². The van der Waals surface area contributed by atoms with Crippen LogP contribution >= 0.6 is 15.9 Å². The summed E-state index contributed by atoms with van der Waals surface area (Å²) in [5, 5.41) is 3.10. The molecule has 1 aliphatic carbocycles. The average Bonchev–Trinajstić information content (AvgIpc) is 2.35. The molecule has 0 radical (unpaired) electrons. The SMILES string of the molecule is Cc1ccc(Br)c(C(=O)NC2CCC(N)CC2)c1. The molecule has 0 unspecified atom stereocenters. The standard InChI is InChI=1S/C14H19BrN2O/c1-9-2-7-13(15)12(8-9)14(18)17-11-5-3-10(16)4-6-11/h2,7-8,10-11H,3-6,16H2,1H3,(H,17,18). The molecule has 2 rings (SSSR count). The number of amides is 1. The van der Waals surface area contributed by atoms with Gasteiger partial charge >= 0.3 is 0 Å². The predicted molar refractivity (Wildman–Crippen MR) is 76.6 cm³/mol. The first-order chi connectivity index (χ1) is 8.56. The highest BCUT2D eigenvalue weighted by Gasteiger charge is 2.21. The van der Waals surface area contributed by atoms with Gasteiger partial charge in [0.15, 0.2) is 0 Å². The van der Waals surface area contributed by atoms with Crippen molar-refractivity contribution in [2.24, 2.45) is 5.73 Å². The summed E-state index contributed by atoms with van der Waals surface area (Å²) in [6.07, 6.45) is 3.96. The number of hydrogen-bond acceptors (Lipinski definition) is 2. The van der Waals surface area contributed by atoms with E-state index in [-0.39, 0.29) is 11.9 Å². The molecule has 1 amide bonds. The molecule has 1 aliphatic rings. The molecule has 1 fully saturated rings. The van der Waals surface area contributed by atoms with E-state index in [0.717, 1.165) is 35.7 Å². The quantitative estimate of drug-likeness (QED) is 0.882. The van der Waals surface area contributed by atoms with Crippen molar-refractivity contribution >= 4 is 21.8 Å². The summed E-state index contributed by atoms with van der Waals surface area (Å²) in [7, 11) is 0. The van der Waals surface area contributed by atoms with E-state index in [1.54, 1.807) is 0 Å². The Kier molecular flexibility index (Phi) is 4.40. The fraction of sp³-hybridized carbons (Fsp3) is 0.500. The van der Waals surface area contributed by atoms with Crippen LogP contribution in [0.25, 0.3) is 0 Å². The highest BCUT2D eigenvalue weighted by Crippen LogP contribution is 2.20. The second-order valence-electron chi connectivity index (χ2n) is 5.07. The van der Waals surface area contributed by atoms with Crippen molar-refractivity contribution in [2.75, 3.05) is 0 Å². The van der Waals surface area contributed by atoms with Crippen molar-refractivity contribution in [3.8, 4) is 0 Å². The van der Waals surface area contributed by atoms with Gasteiger partial charge in [0.25, 0.3) is 5.91 Å². The third-order valence-corrected chi connectivity index (χ3v) is 4.17. The summed E-state index contributed by atoms with van der Waals surface area (Å²) in [5.41, 5.74) is 7.67. The number of carbonyl (C=O) groups excluding carboxylic acids is 1. The van der Waals surface area contributed by atoms with E-state index in [2.05, 4.69) is 21.2 Å². The van der Waals surface area contributed by atoms with Crippen LogP contribution in [0.3, 0.4) is 0 Å². The summed E-state index contributed by atoms with van der Waals surface area (Å²) in [5.74, 6) is 0.00560. The monoisotopic (exact) mass is 310 g/mol. The Morgan fingerprint density at radius 1 is 1.33 bits per heavy atom. The van der Waals surface area contributed by atoms with Gasteiger partial charge in [-0.15, -0.1) is 0 Å². The predicted octanol–water partition coefficient (Wildman–Crippen LogP) is 2.76. The zero-order valence-corrected chi connectivity index (χ0v) is 12.2. The number of aryl methyl sites for hydroxylation is 1. The van der Waals surface area contributed by atoms with Gasteiger partial charge in [0.05, 0.1) is 5.56 Å². The molecular formula is C14H19BrN2O. The topological polar surface area (TPSA) is 55.1 Å². The van der Waals surface area contributed by atoms with Crippen molar-refractivity contribution in [3.63, 3.8) is 0 Å². The minimum Gasteiger partial charge on any atom is -0.349 e. The van der Waals surface area contributed by atoms with Crippen LogP contribution in [0, 0.1) is 6.92 Å². The highest BCUT2D eigenvalue weighted by atomic mass is 79.9. The first kappa shape index (κ1) is 13.6. The van der Waals surface area contributed by atoms with E-state index in [0.29, 0.717) is 11.6 Å². The molecule has 0 saturated heterocycles. The number of hydrogen-bond donors (Lipinski definition) is 2. The zero-order valence-electron chi connectivity index (χ0n) is 10.6. The molecule has 3 N–H and O–H groups in total. The molecule has 1 aromatic rings. The summed E-state index contributed by atoms with van der Waals surface area (Å²) >= 11 is 3.42. The third-order valence-electron chi connectivity index (χ3n) is 3.47. The van der Waals surface area contributed by atoms with Gasteiger partial charge < -0.3 is 11.1 Å². The van der Waals surface area contributed by atoms with Gasteiger partial charge in [0.1, 0.15) is 0 Å². The Balaban J connectivity index is 2.01. The Hall–Kier alpha value is -0.870. The number of rotatable bonds is 2. The molecule has 0 aliphatic heterocycles. The van der Waals surface area contributed by atoms with Crippen molar-refractivity contribution in [3.05, 3.63) is 33.8 Å². The summed E-state index contributed by atoms with van der Waals surface area (Å²) in [6.45, 7) is 1.99.